The van der Waals surface area contributed by atoms with Crippen molar-refractivity contribution in [3.8, 4) is 22.6 Å². The maximum atomic E-state index is 14.7. The van der Waals surface area contributed by atoms with Gasteiger partial charge in [0.15, 0.2) is 0 Å². The molecule has 2 aromatic carbocycles. The lowest BCUT2D eigenvalue weighted by Gasteiger charge is -2.22. The number of pyridine rings is 1. The van der Waals surface area contributed by atoms with E-state index in [0.717, 1.165) is 17.2 Å². The van der Waals surface area contributed by atoms with E-state index in [1.54, 1.807) is 24.5 Å². The smallest absolute Gasteiger partial charge is 0.413 e. The van der Waals surface area contributed by atoms with E-state index in [-0.39, 0.29) is 23.6 Å². The topological polar surface area (TPSA) is 72.1 Å². The van der Waals surface area contributed by atoms with E-state index in [4.69, 9.17) is 0 Å². The minimum absolute atomic E-state index is 0.00514. The van der Waals surface area contributed by atoms with Crippen LogP contribution in [0.4, 0.5) is 23.2 Å². The molecule has 0 spiro atoms. The number of hydrogen-bond donors (Lipinski definition) is 0. The van der Waals surface area contributed by atoms with E-state index in [1.165, 1.54) is 24.0 Å². The van der Waals surface area contributed by atoms with E-state index in [1.807, 2.05) is 24.3 Å². The SMILES string of the molecule is CC(=O)N(Cc1ccc(-c2nnc(C(F)(F)F)o2)cc1F)c1ccc(-c2cccnc2)cc1. The van der Waals surface area contributed by atoms with Gasteiger partial charge in [-0.05, 0) is 41.5 Å². The third kappa shape index (κ3) is 4.89. The number of aromatic nitrogens is 3. The first-order valence-electron chi connectivity index (χ1n) is 9.70. The molecule has 0 saturated heterocycles. The Morgan fingerprint density at radius 3 is 2.30 bits per heavy atom. The molecule has 10 heteroatoms. The molecule has 6 nitrogen and oxygen atoms in total. The summed E-state index contributed by atoms with van der Waals surface area (Å²) >= 11 is 0. The second kappa shape index (κ2) is 8.81. The number of amides is 1. The lowest BCUT2D eigenvalue weighted by molar-refractivity contribution is -0.156. The molecular formula is C23H16F4N4O2. The standard InChI is InChI=1S/C23H16F4N4O2/c1-14(32)31(19-8-6-15(7-9-19)17-3-2-10-28-12-17)13-18-5-4-16(11-20(18)24)21-29-30-22(33-21)23(25,26)27/h2-12H,13H2,1H3. The van der Waals surface area contributed by atoms with Crippen LogP contribution in [0.2, 0.25) is 0 Å². The summed E-state index contributed by atoms with van der Waals surface area (Å²) in [4.78, 5) is 17.7. The molecule has 33 heavy (non-hydrogen) atoms. The summed E-state index contributed by atoms with van der Waals surface area (Å²) in [5.74, 6) is -3.00. The van der Waals surface area contributed by atoms with Crippen LogP contribution in [0.1, 0.15) is 18.4 Å². The average Bonchev–Trinajstić information content (AvgIpc) is 3.30. The first-order chi connectivity index (χ1) is 15.7. The van der Waals surface area contributed by atoms with E-state index in [9.17, 15) is 22.4 Å². The third-order valence-electron chi connectivity index (χ3n) is 4.85. The van der Waals surface area contributed by atoms with Crippen molar-refractivity contribution in [3.05, 3.63) is 84.3 Å². The molecule has 4 rings (SSSR count). The van der Waals surface area contributed by atoms with Gasteiger partial charge in [0.1, 0.15) is 5.82 Å². The maximum Gasteiger partial charge on any atom is 0.470 e. The Morgan fingerprint density at radius 1 is 1.00 bits per heavy atom. The van der Waals surface area contributed by atoms with Crippen molar-refractivity contribution in [2.75, 3.05) is 4.90 Å². The number of nitrogens with zero attached hydrogens (tertiary/aromatic N) is 4. The van der Waals surface area contributed by atoms with Crippen molar-refractivity contribution in [2.45, 2.75) is 19.6 Å². The summed E-state index contributed by atoms with van der Waals surface area (Å²) in [5.41, 5.74) is 2.54. The van der Waals surface area contributed by atoms with Crippen molar-refractivity contribution in [3.63, 3.8) is 0 Å². The van der Waals surface area contributed by atoms with Gasteiger partial charge < -0.3 is 9.32 Å². The summed E-state index contributed by atoms with van der Waals surface area (Å²) in [5, 5.41) is 6.26. The van der Waals surface area contributed by atoms with Crippen LogP contribution in [0, 0.1) is 5.82 Å². The van der Waals surface area contributed by atoms with Gasteiger partial charge in [-0.3, -0.25) is 9.78 Å². The zero-order valence-electron chi connectivity index (χ0n) is 17.2. The van der Waals surface area contributed by atoms with Gasteiger partial charge >= 0.3 is 12.1 Å². The number of hydrogen-bond acceptors (Lipinski definition) is 5. The fraction of sp³-hybridized carbons (Fsp3) is 0.130. The van der Waals surface area contributed by atoms with Gasteiger partial charge in [-0.2, -0.15) is 13.2 Å². The van der Waals surface area contributed by atoms with Crippen LogP contribution in [0.3, 0.4) is 0 Å². The summed E-state index contributed by atoms with van der Waals surface area (Å²) in [6, 6.07) is 14.6. The Labute approximate surface area is 185 Å². The number of anilines is 1. The predicted molar refractivity (Wildman–Crippen MR) is 111 cm³/mol. The fourth-order valence-corrected chi connectivity index (χ4v) is 3.19. The van der Waals surface area contributed by atoms with E-state index in [0.29, 0.717) is 5.69 Å². The molecule has 0 fully saturated rings. The molecule has 2 heterocycles. The van der Waals surface area contributed by atoms with Crippen molar-refractivity contribution in [2.24, 2.45) is 0 Å². The molecule has 0 saturated carbocycles. The van der Waals surface area contributed by atoms with Crippen molar-refractivity contribution < 1.29 is 26.8 Å². The molecule has 168 valence electrons. The van der Waals surface area contributed by atoms with Crippen LogP contribution in [0.5, 0.6) is 0 Å². The largest absolute Gasteiger partial charge is 0.470 e. The second-order valence-electron chi connectivity index (χ2n) is 7.11. The number of rotatable bonds is 5. The third-order valence-corrected chi connectivity index (χ3v) is 4.85. The number of halogens is 4. The van der Waals surface area contributed by atoms with Gasteiger partial charge in [0.2, 0.25) is 11.8 Å². The first kappa shape index (κ1) is 22.1. The summed E-state index contributed by atoms with van der Waals surface area (Å²) in [6.45, 7) is 1.28. The molecule has 2 aromatic heterocycles. The first-order valence-corrected chi connectivity index (χ1v) is 9.70. The highest BCUT2D eigenvalue weighted by molar-refractivity contribution is 5.91. The highest BCUT2D eigenvalue weighted by atomic mass is 19.4. The van der Waals surface area contributed by atoms with Crippen molar-refractivity contribution >= 4 is 11.6 Å². The monoisotopic (exact) mass is 456 g/mol. The highest BCUT2D eigenvalue weighted by Crippen LogP contribution is 2.31. The van der Waals surface area contributed by atoms with Gasteiger partial charge in [0.25, 0.3) is 0 Å². The molecule has 0 aliphatic rings. The molecule has 0 unspecified atom stereocenters. The van der Waals surface area contributed by atoms with E-state index >= 15 is 0 Å². The Bertz CT molecular complexity index is 1270. The number of alkyl halides is 3. The Balaban J connectivity index is 1.56. The number of carbonyl (C=O) groups excluding carboxylic acids is 1. The maximum absolute atomic E-state index is 14.7. The van der Waals surface area contributed by atoms with Gasteiger partial charge in [-0.1, -0.05) is 24.3 Å². The number of carbonyl (C=O) groups is 1. The molecule has 0 bridgehead atoms. The lowest BCUT2D eigenvalue weighted by Crippen LogP contribution is -2.28. The van der Waals surface area contributed by atoms with Crippen LogP contribution in [0.25, 0.3) is 22.6 Å². The minimum atomic E-state index is -4.79. The minimum Gasteiger partial charge on any atom is -0.413 e. The Kier molecular flexibility index (Phi) is 5.91. The van der Waals surface area contributed by atoms with Crippen LogP contribution < -0.4 is 4.90 Å². The molecular weight excluding hydrogens is 440 g/mol. The van der Waals surface area contributed by atoms with Gasteiger partial charge in [-0.15, -0.1) is 10.2 Å². The fourth-order valence-electron chi connectivity index (χ4n) is 3.19. The molecule has 0 atom stereocenters. The quantitative estimate of drug-likeness (QED) is 0.371. The number of benzene rings is 2. The lowest BCUT2D eigenvalue weighted by atomic mass is 10.1. The average molecular weight is 456 g/mol. The molecule has 4 aromatic rings. The highest BCUT2D eigenvalue weighted by Gasteiger charge is 2.38. The van der Waals surface area contributed by atoms with Crippen LogP contribution in [0.15, 0.2) is 71.4 Å². The van der Waals surface area contributed by atoms with Crippen molar-refractivity contribution in [1.29, 1.82) is 0 Å². The van der Waals surface area contributed by atoms with Crippen LogP contribution in [-0.4, -0.2) is 21.1 Å². The Hall–Kier alpha value is -4.08. The summed E-state index contributed by atoms with van der Waals surface area (Å²) in [6.07, 6.45) is -1.41. The van der Waals surface area contributed by atoms with E-state index < -0.39 is 23.8 Å². The molecule has 0 aliphatic carbocycles. The predicted octanol–water partition coefficient (Wildman–Crippen LogP) is 5.51. The Morgan fingerprint density at radius 2 is 1.73 bits per heavy atom. The molecule has 0 radical (unpaired) electrons. The second-order valence-corrected chi connectivity index (χ2v) is 7.11. The van der Waals surface area contributed by atoms with Gasteiger partial charge in [-0.25, -0.2) is 4.39 Å². The zero-order valence-corrected chi connectivity index (χ0v) is 17.2. The van der Waals surface area contributed by atoms with Crippen LogP contribution >= 0.6 is 0 Å². The van der Waals surface area contributed by atoms with Crippen LogP contribution in [-0.2, 0) is 17.5 Å². The molecule has 0 N–H and O–H groups in total. The summed E-state index contributed by atoms with van der Waals surface area (Å²) < 4.78 is 57.3. The van der Waals surface area contributed by atoms with E-state index in [2.05, 4.69) is 19.6 Å². The molecule has 1 amide bonds. The molecule has 0 aliphatic heterocycles. The van der Waals surface area contributed by atoms with Gasteiger partial charge in [0.05, 0.1) is 6.54 Å². The van der Waals surface area contributed by atoms with Gasteiger partial charge in [0, 0.05) is 36.1 Å². The van der Waals surface area contributed by atoms with Crippen molar-refractivity contribution in [1.82, 2.24) is 15.2 Å². The summed E-state index contributed by atoms with van der Waals surface area (Å²) in [7, 11) is 0. The normalized spacial score (nSPS) is 11.4. The zero-order chi connectivity index (χ0) is 23.6.